The zero-order valence-corrected chi connectivity index (χ0v) is 11.2. The first-order valence-corrected chi connectivity index (χ1v) is 6.61. The minimum Gasteiger partial charge on any atom is -0.341 e. The highest BCUT2D eigenvalue weighted by Crippen LogP contribution is 2.19. The molecule has 0 saturated carbocycles. The third kappa shape index (κ3) is 2.98. The van der Waals surface area contributed by atoms with Gasteiger partial charge in [0.05, 0.1) is 0 Å². The highest BCUT2D eigenvalue weighted by molar-refractivity contribution is 9.09. The third-order valence-corrected chi connectivity index (χ3v) is 3.58. The lowest BCUT2D eigenvalue weighted by Gasteiger charge is -2.15. The molecule has 4 heteroatoms. The maximum atomic E-state index is 11.5. The molecule has 0 spiro atoms. The first kappa shape index (κ1) is 11.9. The fourth-order valence-electron chi connectivity index (χ4n) is 1.90. The van der Waals surface area contributed by atoms with Crippen LogP contribution in [-0.4, -0.2) is 28.7 Å². The van der Waals surface area contributed by atoms with Gasteiger partial charge in [0.1, 0.15) is 0 Å². The Morgan fingerprint density at radius 2 is 2.31 bits per heavy atom. The Morgan fingerprint density at radius 3 is 2.94 bits per heavy atom. The molecule has 86 valence electrons. The summed E-state index contributed by atoms with van der Waals surface area (Å²) in [5.41, 5.74) is 1.18. The summed E-state index contributed by atoms with van der Waals surface area (Å²) >= 11 is 9.38. The molecule has 0 bridgehead atoms. The van der Waals surface area contributed by atoms with E-state index in [-0.39, 0.29) is 5.91 Å². The summed E-state index contributed by atoms with van der Waals surface area (Å²) in [6.45, 7) is 1.60. The van der Waals surface area contributed by atoms with Crippen molar-refractivity contribution < 1.29 is 4.79 Å². The van der Waals surface area contributed by atoms with Gasteiger partial charge >= 0.3 is 0 Å². The van der Waals surface area contributed by atoms with Crippen molar-refractivity contribution in [1.82, 2.24) is 4.90 Å². The van der Waals surface area contributed by atoms with Crippen LogP contribution >= 0.6 is 27.5 Å². The predicted octanol–water partition coefficient (Wildman–Crippen LogP) is 2.88. The summed E-state index contributed by atoms with van der Waals surface area (Å²) in [4.78, 5) is 13.8. The van der Waals surface area contributed by atoms with Crippen molar-refractivity contribution in [3.63, 3.8) is 0 Å². The minimum absolute atomic E-state index is 0.240. The summed E-state index contributed by atoms with van der Waals surface area (Å²) in [5.74, 6) is 0.240. The van der Waals surface area contributed by atoms with Gasteiger partial charge in [0, 0.05) is 29.4 Å². The van der Waals surface area contributed by atoms with Gasteiger partial charge in [-0.15, -0.1) is 0 Å². The number of amides is 1. The molecule has 1 saturated heterocycles. The van der Waals surface area contributed by atoms with Gasteiger partial charge in [-0.1, -0.05) is 39.7 Å². The van der Waals surface area contributed by atoms with Crippen LogP contribution in [0.3, 0.4) is 0 Å². The number of likely N-dealkylation sites (tertiary alicyclic amines) is 1. The van der Waals surface area contributed by atoms with Crippen molar-refractivity contribution in [3.8, 4) is 0 Å². The number of nitrogens with zero attached hydrogens (tertiary/aromatic N) is 1. The topological polar surface area (TPSA) is 20.3 Å². The predicted molar refractivity (Wildman–Crippen MR) is 69.1 cm³/mol. The Kier molecular flexibility index (Phi) is 3.87. The van der Waals surface area contributed by atoms with Crippen LogP contribution in [0.1, 0.15) is 12.0 Å². The van der Waals surface area contributed by atoms with E-state index in [0.29, 0.717) is 11.2 Å². The number of benzene rings is 1. The van der Waals surface area contributed by atoms with Crippen LogP contribution in [-0.2, 0) is 11.2 Å². The van der Waals surface area contributed by atoms with Gasteiger partial charge in [0.15, 0.2) is 0 Å². The normalized spacial score (nSPS) is 20.5. The van der Waals surface area contributed by atoms with Crippen molar-refractivity contribution >= 4 is 33.4 Å². The number of halogens is 2. The van der Waals surface area contributed by atoms with Crippen molar-refractivity contribution in [3.05, 3.63) is 34.9 Å². The highest BCUT2D eigenvalue weighted by Gasteiger charge is 2.26. The number of alkyl halides is 1. The van der Waals surface area contributed by atoms with E-state index in [9.17, 15) is 4.79 Å². The standard InChI is InChI=1S/C12H13BrClNO/c13-10-7-12(16)15(8-10)5-4-9-2-1-3-11(14)6-9/h1-3,6,10H,4-5,7-8H2. The fraction of sp³-hybridized carbons (Fsp3) is 0.417. The molecule has 0 N–H and O–H groups in total. The molecule has 0 aromatic heterocycles. The summed E-state index contributed by atoms with van der Waals surface area (Å²) in [6.07, 6.45) is 1.49. The van der Waals surface area contributed by atoms with Crippen LogP contribution in [0.15, 0.2) is 24.3 Å². The number of hydrogen-bond acceptors (Lipinski definition) is 1. The van der Waals surface area contributed by atoms with E-state index >= 15 is 0 Å². The van der Waals surface area contributed by atoms with Gasteiger partial charge < -0.3 is 4.90 Å². The smallest absolute Gasteiger partial charge is 0.223 e. The van der Waals surface area contributed by atoms with Crippen LogP contribution in [0, 0.1) is 0 Å². The molecule has 1 aromatic carbocycles. The maximum Gasteiger partial charge on any atom is 0.223 e. The lowest BCUT2D eigenvalue weighted by Crippen LogP contribution is -2.27. The van der Waals surface area contributed by atoms with E-state index in [1.807, 2.05) is 29.2 Å². The fourth-order valence-corrected chi connectivity index (χ4v) is 2.74. The molecule has 2 rings (SSSR count). The summed E-state index contributed by atoms with van der Waals surface area (Å²) in [5, 5.41) is 0.753. The summed E-state index contributed by atoms with van der Waals surface area (Å²) in [7, 11) is 0. The van der Waals surface area contributed by atoms with E-state index < -0.39 is 0 Å². The average Bonchev–Trinajstić information content (AvgIpc) is 2.54. The quantitative estimate of drug-likeness (QED) is 0.786. The molecule has 0 aliphatic carbocycles. The Balaban J connectivity index is 1.90. The molecular weight excluding hydrogens is 289 g/mol. The number of hydrogen-bond donors (Lipinski definition) is 0. The Bertz CT molecular complexity index is 396. The first-order valence-electron chi connectivity index (χ1n) is 5.31. The van der Waals surface area contributed by atoms with Crippen molar-refractivity contribution in [2.45, 2.75) is 17.7 Å². The third-order valence-electron chi connectivity index (χ3n) is 2.73. The molecule has 1 fully saturated rings. The lowest BCUT2D eigenvalue weighted by molar-refractivity contribution is -0.127. The van der Waals surface area contributed by atoms with E-state index in [2.05, 4.69) is 15.9 Å². The molecular formula is C12H13BrClNO. The van der Waals surface area contributed by atoms with Gasteiger partial charge in [-0.25, -0.2) is 0 Å². The number of carbonyl (C=O) groups excluding carboxylic acids is 1. The second-order valence-electron chi connectivity index (χ2n) is 4.02. The molecule has 0 radical (unpaired) electrons. The van der Waals surface area contributed by atoms with Gasteiger partial charge in [-0.2, -0.15) is 0 Å². The maximum absolute atomic E-state index is 11.5. The second kappa shape index (κ2) is 5.19. The minimum atomic E-state index is 0.240. The van der Waals surface area contributed by atoms with Gasteiger partial charge in [0.25, 0.3) is 0 Å². The average molecular weight is 303 g/mol. The van der Waals surface area contributed by atoms with Crippen molar-refractivity contribution in [1.29, 1.82) is 0 Å². The molecule has 1 heterocycles. The number of carbonyl (C=O) groups is 1. The van der Waals surface area contributed by atoms with Crippen molar-refractivity contribution in [2.75, 3.05) is 13.1 Å². The van der Waals surface area contributed by atoms with Crippen molar-refractivity contribution in [2.24, 2.45) is 0 Å². The molecule has 16 heavy (non-hydrogen) atoms. The van der Waals surface area contributed by atoms with Gasteiger partial charge in [-0.3, -0.25) is 4.79 Å². The largest absolute Gasteiger partial charge is 0.341 e. The summed E-state index contributed by atoms with van der Waals surface area (Å²) < 4.78 is 0. The van der Waals surface area contributed by atoms with E-state index in [1.165, 1.54) is 5.56 Å². The molecule has 2 nitrogen and oxygen atoms in total. The first-order chi connectivity index (χ1) is 7.65. The molecule has 1 atom stereocenters. The van der Waals surface area contributed by atoms with Crippen LogP contribution in [0.2, 0.25) is 5.02 Å². The van der Waals surface area contributed by atoms with Crippen LogP contribution in [0.4, 0.5) is 0 Å². The van der Waals surface area contributed by atoms with E-state index in [1.54, 1.807) is 0 Å². The molecule has 1 aliphatic rings. The molecule has 1 aromatic rings. The molecule has 1 amide bonds. The lowest BCUT2D eigenvalue weighted by atomic mass is 10.1. The van der Waals surface area contributed by atoms with Crippen LogP contribution < -0.4 is 0 Å². The molecule has 1 unspecified atom stereocenters. The Hall–Kier alpha value is -0.540. The SMILES string of the molecule is O=C1CC(Br)CN1CCc1cccc(Cl)c1. The van der Waals surface area contributed by atoms with Crippen LogP contribution in [0.5, 0.6) is 0 Å². The molecule has 1 aliphatic heterocycles. The monoisotopic (exact) mass is 301 g/mol. The van der Waals surface area contributed by atoms with Gasteiger partial charge in [0.2, 0.25) is 5.91 Å². The zero-order valence-electron chi connectivity index (χ0n) is 8.83. The zero-order chi connectivity index (χ0) is 11.5. The van der Waals surface area contributed by atoms with Gasteiger partial charge in [-0.05, 0) is 24.1 Å². The Labute approximate surface area is 109 Å². The van der Waals surface area contributed by atoms with E-state index in [4.69, 9.17) is 11.6 Å². The van der Waals surface area contributed by atoms with Crippen LogP contribution in [0.25, 0.3) is 0 Å². The highest BCUT2D eigenvalue weighted by atomic mass is 79.9. The summed E-state index contributed by atoms with van der Waals surface area (Å²) in [6, 6.07) is 7.79. The van der Waals surface area contributed by atoms with E-state index in [0.717, 1.165) is 24.5 Å². The Morgan fingerprint density at radius 1 is 1.50 bits per heavy atom. The second-order valence-corrected chi connectivity index (χ2v) is 5.75. The number of rotatable bonds is 3.